The van der Waals surface area contributed by atoms with E-state index in [1.807, 2.05) is 18.2 Å². The molecule has 0 aliphatic carbocycles. The second-order valence-corrected chi connectivity index (χ2v) is 7.10. The predicted molar refractivity (Wildman–Crippen MR) is 95.6 cm³/mol. The van der Waals surface area contributed by atoms with Crippen molar-refractivity contribution in [1.29, 1.82) is 0 Å². The van der Waals surface area contributed by atoms with E-state index in [1.54, 1.807) is 0 Å². The van der Waals surface area contributed by atoms with Gasteiger partial charge in [-0.2, -0.15) is 0 Å². The molecule has 5 heteroatoms. The van der Waals surface area contributed by atoms with E-state index in [-0.39, 0.29) is 11.4 Å². The highest BCUT2D eigenvalue weighted by Crippen LogP contribution is 2.15. The smallest absolute Gasteiger partial charge is 0.238 e. The number of carbonyl (C=O) groups is 1. The van der Waals surface area contributed by atoms with Crippen molar-refractivity contribution >= 4 is 11.6 Å². The van der Waals surface area contributed by atoms with Crippen molar-refractivity contribution in [2.24, 2.45) is 5.73 Å². The Morgan fingerprint density at radius 3 is 2.39 bits per heavy atom. The summed E-state index contributed by atoms with van der Waals surface area (Å²) < 4.78 is 0. The topological polar surface area (TPSA) is 61.6 Å². The summed E-state index contributed by atoms with van der Waals surface area (Å²) in [5, 5.41) is 3.04. The van der Waals surface area contributed by atoms with Gasteiger partial charge in [-0.1, -0.05) is 25.1 Å². The molecule has 2 rings (SSSR count). The van der Waals surface area contributed by atoms with E-state index in [9.17, 15) is 4.79 Å². The number of aryl methyl sites for hydroxylation is 1. The molecule has 1 heterocycles. The Morgan fingerprint density at radius 1 is 1.17 bits per heavy atom. The Hall–Kier alpha value is -1.43. The maximum absolute atomic E-state index is 12.3. The molecule has 0 bridgehead atoms. The standard InChI is InChI=1S/C18H30N4O/c1-4-15-7-5-6-8-16(15)20-17(23)13-21-9-11-22(12-10-21)14-18(2,3)19/h5-8H,4,9-14,19H2,1-3H3,(H,20,23). The van der Waals surface area contributed by atoms with E-state index < -0.39 is 0 Å². The van der Waals surface area contributed by atoms with Gasteiger partial charge in [0.1, 0.15) is 0 Å². The molecule has 3 N–H and O–H groups in total. The largest absolute Gasteiger partial charge is 0.325 e. The van der Waals surface area contributed by atoms with Crippen molar-refractivity contribution in [1.82, 2.24) is 9.80 Å². The minimum absolute atomic E-state index is 0.0681. The SMILES string of the molecule is CCc1ccccc1NC(=O)CN1CCN(CC(C)(C)N)CC1. The Kier molecular flexibility index (Phi) is 6.16. The number of carbonyl (C=O) groups excluding carboxylic acids is 1. The molecule has 0 atom stereocenters. The van der Waals surface area contributed by atoms with Gasteiger partial charge in [0.2, 0.25) is 5.91 Å². The van der Waals surface area contributed by atoms with Crippen LogP contribution in [0.15, 0.2) is 24.3 Å². The van der Waals surface area contributed by atoms with Crippen LogP contribution in [0.1, 0.15) is 26.3 Å². The first-order chi connectivity index (χ1) is 10.9. The third-order valence-electron chi connectivity index (χ3n) is 4.14. The molecule has 1 aliphatic rings. The summed E-state index contributed by atoms with van der Waals surface area (Å²) >= 11 is 0. The number of nitrogens with one attached hydrogen (secondary N) is 1. The molecule has 1 amide bonds. The number of rotatable bonds is 6. The zero-order valence-electron chi connectivity index (χ0n) is 14.6. The number of benzene rings is 1. The fourth-order valence-electron chi connectivity index (χ4n) is 3.03. The average molecular weight is 318 g/mol. The molecular formula is C18H30N4O. The van der Waals surface area contributed by atoms with Crippen LogP contribution in [0.4, 0.5) is 5.69 Å². The van der Waals surface area contributed by atoms with Gasteiger partial charge in [-0.15, -0.1) is 0 Å². The molecule has 128 valence electrons. The van der Waals surface area contributed by atoms with Crippen LogP contribution in [-0.4, -0.2) is 60.5 Å². The predicted octanol–water partition coefficient (Wildman–Crippen LogP) is 1.54. The van der Waals surface area contributed by atoms with Gasteiger partial charge >= 0.3 is 0 Å². The van der Waals surface area contributed by atoms with Crippen LogP contribution in [0, 0.1) is 0 Å². The van der Waals surface area contributed by atoms with Crippen LogP contribution >= 0.6 is 0 Å². The quantitative estimate of drug-likeness (QED) is 0.835. The zero-order valence-corrected chi connectivity index (χ0v) is 14.6. The fraction of sp³-hybridized carbons (Fsp3) is 0.611. The van der Waals surface area contributed by atoms with E-state index in [1.165, 1.54) is 5.56 Å². The number of hydrogen-bond donors (Lipinski definition) is 2. The second-order valence-electron chi connectivity index (χ2n) is 7.10. The van der Waals surface area contributed by atoms with Crippen LogP contribution in [0.2, 0.25) is 0 Å². The van der Waals surface area contributed by atoms with E-state index in [4.69, 9.17) is 5.73 Å². The minimum atomic E-state index is -0.163. The third-order valence-corrected chi connectivity index (χ3v) is 4.14. The molecule has 0 unspecified atom stereocenters. The van der Waals surface area contributed by atoms with Crippen molar-refractivity contribution in [3.8, 4) is 0 Å². The van der Waals surface area contributed by atoms with Crippen LogP contribution in [0.25, 0.3) is 0 Å². The van der Waals surface area contributed by atoms with Crippen LogP contribution < -0.4 is 11.1 Å². The molecule has 1 saturated heterocycles. The van der Waals surface area contributed by atoms with E-state index in [0.717, 1.165) is 44.8 Å². The summed E-state index contributed by atoms with van der Waals surface area (Å²) in [5.74, 6) is 0.0681. The number of amides is 1. The first-order valence-corrected chi connectivity index (χ1v) is 8.49. The summed E-state index contributed by atoms with van der Waals surface area (Å²) in [5.41, 5.74) is 8.02. The lowest BCUT2D eigenvalue weighted by Gasteiger charge is -2.37. The summed E-state index contributed by atoms with van der Waals surface area (Å²) in [4.78, 5) is 16.9. The molecule has 0 spiro atoms. The highest BCUT2D eigenvalue weighted by atomic mass is 16.2. The van der Waals surface area contributed by atoms with E-state index in [2.05, 4.69) is 42.0 Å². The maximum atomic E-state index is 12.3. The molecule has 1 aliphatic heterocycles. The lowest BCUT2D eigenvalue weighted by Crippen LogP contribution is -2.53. The average Bonchev–Trinajstić information content (AvgIpc) is 2.48. The van der Waals surface area contributed by atoms with Crippen molar-refractivity contribution in [2.45, 2.75) is 32.7 Å². The minimum Gasteiger partial charge on any atom is -0.325 e. The number of nitrogens with zero attached hydrogens (tertiary/aromatic N) is 2. The number of para-hydroxylation sites is 1. The summed E-state index contributed by atoms with van der Waals surface area (Å²) in [7, 11) is 0. The van der Waals surface area contributed by atoms with Gasteiger partial charge in [-0.25, -0.2) is 0 Å². The summed E-state index contributed by atoms with van der Waals surface area (Å²) in [6.45, 7) is 11.3. The Labute approximate surface area is 139 Å². The normalized spacial score (nSPS) is 17.2. The third kappa shape index (κ3) is 5.94. The first kappa shape index (κ1) is 17.9. The van der Waals surface area contributed by atoms with Crippen molar-refractivity contribution in [3.63, 3.8) is 0 Å². The molecule has 1 aromatic rings. The molecule has 5 nitrogen and oxygen atoms in total. The van der Waals surface area contributed by atoms with Crippen LogP contribution in [0.3, 0.4) is 0 Å². The molecular weight excluding hydrogens is 288 g/mol. The lowest BCUT2D eigenvalue weighted by atomic mass is 10.1. The van der Waals surface area contributed by atoms with Crippen molar-refractivity contribution in [2.75, 3.05) is 44.6 Å². The van der Waals surface area contributed by atoms with Gasteiger partial charge in [-0.3, -0.25) is 14.6 Å². The highest BCUT2D eigenvalue weighted by molar-refractivity contribution is 5.93. The van der Waals surface area contributed by atoms with Crippen molar-refractivity contribution in [3.05, 3.63) is 29.8 Å². The first-order valence-electron chi connectivity index (χ1n) is 8.49. The Bertz CT molecular complexity index is 516. The molecule has 1 aromatic carbocycles. The van der Waals surface area contributed by atoms with E-state index >= 15 is 0 Å². The number of anilines is 1. The highest BCUT2D eigenvalue weighted by Gasteiger charge is 2.22. The number of hydrogen-bond acceptors (Lipinski definition) is 4. The molecule has 0 aromatic heterocycles. The Morgan fingerprint density at radius 2 is 1.78 bits per heavy atom. The second kappa shape index (κ2) is 7.90. The Balaban J connectivity index is 1.79. The number of nitrogens with two attached hydrogens (primary N) is 1. The van der Waals surface area contributed by atoms with Gasteiger partial charge in [0.25, 0.3) is 0 Å². The molecule has 23 heavy (non-hydrogen) atoms. The van der Waals surface area contributed by atoms with Crippen LogP contribution in [0.5, 0.6) is 0 Å². The summed E-state index contributed by atoms with van der Waals surface area (Å²) in [6.07, 6.45) is 0.921. The number of piperazine rings is 1. The monoisotopic (exact) mass is 318 g/mol. The summed E-state index contributed by atoms with van der Waals surface area (Å²) in [6, 6.07) is 8.00. The van der Waals surface area contributed by atoms with Gasteiger partial charge in [0.05, 0.1) is 6.54 Å². The van der Waals surface area contributed by atoms with Gasteiger partial charge < -0.3 is 11.1 Å². The van der Waals surface area contributed by atoms with Gasteiger partial charge in [0, 0.05) is 44.0 Å². The molecule has 0 radical (unpaired) electrons. The van der Waals surface area contributed by atoms with Gasteiger partial charge in [-0.05, 0) is 31.9 Å². The van der Waals surface area contributed by atoms with E-state index in [0.29, 0.717) is 6.54 Å². The van der Waals surface area contributed by atoms with Gasteiger partial charge in [0.15, 0.2) is 0 Å². The lowest BCUT2D eigenvalue weighted by molar-refractivity contribution is -0.117. The zero-order chi connectivity index (χ0) is 16.9. The maximum Gasteiger partial charge on any atom is 0.238 e. The van der Waals surface area contributed by atoms with Crippen molar-refractivity contribution < 1.29 is 4.79 Å². The molecule has 1 fully saturated rings. The van der Waals surface area contributed by atoms with Crippen LogP contribution in [-0.2, 0) is 11.2 Å². The fourth-order valence-corrected chi connectivity index (χ4v) is 3.03. The molecule has 0 saturated carbocycles.